The third-order valence-corrected chi connectivity index (χ3v) is 3.62. The van der Waals surface area contributed by atoms with Crippen LogP contribution in [-0.4, -0.2) is 25.1 Å². The predicted molar refractivity (Wildman–Crippen MR) is 75.4 cm³/mol. The van der Waals surface area contributed by atoms with Crippen molar-refractivity contribution in [1.29, 1.82) is 0 Å². The van der Waals surface area contributed by atoms with Gasteiger partial charge in [-0.25, -0.2) is 4.98 Å². The molecular formula is C13H20BrN3. The van der Waals surface area contributed by atoms with Crippen molar-refractivity contribution in [3.05, 3.63) is 22.3 Å². The van der Waals surface area contributed by atoms with Crippen LogP contribution in [0.4, 0.5) is 5.82 Å². The molecule has 0 atom stereocenters. The molecular weight excluding hydrogens is 278 g/mol. The molecule has 1 aliphatic heterocycles. The van der Waals surface area contributed by atoms with Gasteiger partial charge in [-0.3, -0.25) is 0 Å². The maximum absolute atomic E-state index is 4.60. The van der Waals surface area contributed by atoms with Crippen LogP contribution in [0.2, 0.25) is 0 Å². The SMILES string of the molecule is CNCc1cc(Br)cnc1N1CCCCCC1. The second-order valence-corrected chi connectivity index (χ2v) is 5.48. The maximum atomic E-state index is 4.60. The van der Waals surface area contributed by atoms with Gasteiger partial charge in [0.1, 0.15) is 5.82 Å². The van der Waals surface area contributed by atoms with Crippen molar-refractivity contribution in [3.63, 3.8) is 0 Å². The normalized spacial score (nSPS) is 16.9. The molecule has 0 aliphatic carbocycles. The first kappa shape index (κ1) is 12.8. The largest absolute Gasteiger partial charge is 0.356 e. The molecule has 94 valence electrons. The second kappa shape index (κ2) is 6.36. The van der Waals surface area contributed by atoms with E-state index in [1.54, 1.807) is 0 Å². The molecule has 1 N–H and O–H groups in total. The Hall–Kier alpha value is -0.610. The number of nitrogens with one attached hydrogen (secondary N) is 1. The molecule has 4 heteroatoms. The summed E-state index contributed by atoms with van der Waals surface area (Å²) < 4.78 is 1.06. The van der Waals surface area contributed by atoms with Crippen LogP contribution in [0.3, 0.4) is 0 Å². The Morgan fingerprint density at radius 1 is 1.29 bits per heavy atom. The van der Waals surface area contributed by atoms with Gasteiger partial charge in [0.15, 0.2) is 0 Å². The molecule has 3 nitrogen and oxygen atoms in total. The summed E-state index contributed by atoms with van der Waals surface area (Å²) in [6.07, 6.45) is 7.19. The Bertz CT molecular complexity index is 360. The van der Waals surface area contributed by atoms with Crippen molar-refractivity contribution in [1.82, 2.24) is 10.3 Å². The summed E-state index contributed by atoms with van der Waals surface area (Å²) in [6, 6.07) is 2.17. The third kappa shape index (κ3) is 3.42. The van der Waals surface area contributed by atoms with Gasteiger partial charge >= 0.3 is 0 Å². The van der Waals surface area contributed by atoms with Crippen molar-refractivity contribution in [2.45, 2.75) is 32.2 Å². The van der Waals surface area contributed by atoms with E-state index in [9.17, 15) is 0 Å². The number of anilines is 1. The fraction of sp³-hybridized carbons (Fsp3) is 0.615. The Morgan fingerprint density at radius 3 is 2.65 bits per heavy atom. The molecule has 0 aromatic carbocycles. The highest BCUT2D eigenvalue weighted by Crippen LogP contribution is 2.24. The fourth-order valence-corrected chi connectivity index (χ4v) is 2.74. The lowest BCUT2D eigenvalue weighted by atomic mass is 10.2. The molecule has 0 saturated carbocycles. The first-order valence-corrected chi connectivity index (χ1v) is 7.14. The smallest absolute Gasteiger partial charge is 0.133 e. The van der Waals surface area contributed by atoms with E-state index in [0.717, 1.165) is 29.9 Å². The van der Waals surface area contributed by atoms with Gasteiger partial charge in [0.25, 0.3) is 0 Å². The van der Waals surface area contributed by atoms with Gasteiger partial charge < -0.3 is 10.2 Å². The highest BCUT2D eigenvalue weighted by molar-refractivity contribution is 9.10. The number of halogens is 1. The van der Waals surface area contributed by atoms with E-state index in [-0.39, 0.29) is 0 Å². The average Bonchev–Trinajstić information content (AvgIpc) is 2.58. The van der Waals surface area contributed by atoms with Crippen LogP contribution in [0.1, 0.15) is 31.2 Å². The molecule has 0 spiro atoms. The summed E-state index contributed by atoms with van der Waals surface area (Å²) in [4.78, 5) is 7.04. The highest BCUT2D eigenvalue weighted by atomic mass is 79.9. The fourth-order valence-electron chi connectivity index (χ4n) is 2.36. The lowest BCUT2D eigenvalue weighted by molar-refractivity contribution is 0.726. The van der Waals surface area contributed by atoms with Gasteiger partial charge in [-0.1, -0.05) is 12.8 Å². The Kier molecular flexibility index (Phi) is 4.80. The molecule has 1 aromatic heterocycles. The summed E-state index contributed by atoms with van der Waals surface area (Å²) >= 11 is 3.50. The maximum Gasteiger partial charge on any atom is 0.133 e. The monoisotopic (exact) mass is 297 g/mol. The molecule has 1 aliphatic rings. The zero-order chi connectivity index (χ0) is 12.1. The second-order valence-electron chi connectivity index (χ2n) is 4.57. The predicted octanol–water partition coefficient (Wildman–Crippen LogP) is 2.94. The number of aromatic nitrogens is 1. The van der Waals surface area contributed by atoms with Gasteiger partial charge in [0, 0.05) is 35.9 Å². The van der Waals surface area contributed by atoms with E-state index in [0.29, 0.717) is 0 Å². The van der Waals surface area contributed by atoms with Crippen LogP contribution in [0.5, 0.6) is 0 Å². The summed E-state index contributed by atoms with van der Waals surface area (Å²) in [5.74, 6) is 1.16. The minimum Gasteiger partial charge on any atom is -0.356 e. The molecule has 1 fully saturated rings. The van der Waals surface area contributed by atoms with Crippen LogP contribution in [0.25, 0.3) is 0 Å². The quantitative estimate of drug-likeness (QED) is 0.930. The average molecular weight is 298 g/mol. The van der Waals surface area contributed by atoms with E-state index < -0.39 is 0 Å². The standard InChI is InChI=1S/C13H20BrN3/c1-15-9-11-8-12(14)10-16-13(11)17-6-4-2-3-5-7-17/h8,10,15H,2-7,9H2,1H3. The van der Waals surface area contributed by atoms with Crippen molar-refractivity contribution in [2.75, 3.05) is 25.0 Å². The Balaban J connectivity index is 2.22. The molecule has 0 amide bonds. The molecule has 2 heterocycles. The van der Waals surface area contributed by atoms with Gasteiger partial charge in [0.05, 0.1) is 0 Å². The molecule has 17 heavy (non-hydrogen) atoms. The van der Waals surface area contributed by atoms with E-state index in [1.807, 2.05) is 13.2 Å². The summed E-state index contributed by atoms with van der Waals surface area (Å²) in [7, 11) is 1.98. The Morgan fingerprint density at radius 2 is 2.00 bits per heavy atom. The molecule has 0 bridgehead atoms. The number of pyridine rings is 1. The van der Waals surface area contributed by atoms with Crippen molar-refractivity contribution >= 4 is 21.7 Å². The van der Waals surface area contributed by atoms with E-state index in [2.05, 4.69) is 37.2 Å². The van der Waals surface area contributed by atoms with E-state index in [1.165, 1.54) is 31.2 Å². The lowest BCUT2D eigenvalue weighted by Gasteiger charge is -2.24. The summed E-state index contributed by atoms with van der Waals surface area (Å²) in [5, 5.41) is 3.22. The minimum absolute atomic E-state index is 0.873. The van der Waals surface area contributed by atoms with E-state index >= 15 is 0 Å². The van der Waals surface area contributed by atoms with Crippen LogP contribution in [0.15, 0.2) is 16.7 Å². The zero-order valence-corrected chi connectivity index (χ0v) is 12.0. The molecule has 0 radical (unpaired) electrons. The highest BCUT2D eigenvalue weighted by Gasteiger charge is 2.14. The third-order valence-electron chi connectivity index (χ3n) is 3.18. The van der Waals surface area contributed by atoms with Crippen LogP contribution < -0.4 is 10.2 Å². The van der Waals surface area contributed by atoms with Crippen molar-refractivity contribution in [2.24, 2.45) is 0 Å². The molecule has 1 aromatic rings. The number of hydrogen-bond acceptors (Lipinski definition) is 3. The van der Waals surface area contributed by atoms with Crippen molar-refractivity contribution in [3.8, 4) is 0 Å². The minimum atomic E-state index is 0.873. The summed E-state index contributed by atoms with van der Waals surface area (Å²) in [6.45, 7) is 3.16. The topological polar surface area (TPSA) is 28.2 Å². The molecule has 1 saturated heterocycles. The van der Waals surface area contributed by atoms with Gasteiger partial charge in [-0.2, -0.15) is 0 Å². The zero-order valence-electron chi connectivity index (χ0n) is 10.4. The van der Waals surface area contributed by atoms with Gasteiger partial charge in [-0.05, 0) is 41.9 Å². The van der Waals surface area contributed by atoms with Crippen LogP contribution in [-0.2, 0) is 6.54 Å². The first-order chi connectivity index (χ1) is 8.31. The van der Waals surface area contributed by atoms with Crippen LogP contribution >= 0.6 is 15.9 Å². The number of hydrogen-bond donors (Lipinski definition) is 1. The van der Waals surface area contributed by atoms with Crippen LogP contribution in [0, 0.1) is 0 Å². The van der Waals surface area contributed by atoms with E-state index in [4.69, 9.17) is 0 Å². The van der Waals surface area contributed by atoms with Crippen molar-refractivity contribution < 1.29 is 0 Å². The molecule has 2 rings (SSSR count). The number of rotatable bonds is 3. The Labute approximate surface area is 112 Å². The number of nitrogens with zero attached hydrogens (tertiary/aromatic N) is 2. The van der Waals surface area contributed by atoms with Gasteiger partial charge in [-0.15, -0.1) is 0 Å². The van der Waals surface area contributed by atoms with Gasteiger partial charge in [0.2, 0.25) is 0 Å². The summed E-state index contributed by atoms with van der Waals surface area (Å²) in [5.41, 5.74) is 1.28. The lowest BCUT2D eigenvalue weighted by Crippen LogP contribution is -2.27. The first-order valence-electron chi connectivity index (χ1n) is 6.35. The molecule has 0 unspecified atom stereocenters.